The van der Waals surface area contributed by atoms with E-state index in [0.29, 0.717) is 11.4 Å². The third kappa shape index (κ3) is 4.48. The lowest BCUT2D eigenvalue weighted by molar-refractivity contribution is 0.0992. The summed E-state index contributed by atoms with van der Waals surface area (Å²) in [6.45, 7) is 3.01. The standard InChI is InChI=1S/C26H22N4O3/c1-2-30-17-27-29-25(30)20-8-5-9-21(14-20)28-26(31)24-13-12-23(33-24)16-32-22-11-10-18-6-3-4-7-19(18)15-22/h3-15,17H,2,16H2,1H3,(H,28,31). The second kappa shape index (κ2) is 9.00. The van der Waals surface area contributed by atoms with Crippen LogP contribution in [0.3, 0.4) is 0 Å². The molecule has 0 saturated heterocycles. The smallest absolute Gasteiger partial charge is 0.291 e. The van der Waals surface area contributed by atoms with Crippen molar-refractivity contribution < 1.29 is 13.9 Å². The van der Waals surface area contributed by atoms with Crippen LogP contribution in [-0.2, 0) is 13.2 Å². The second-order valence-electron chi connectivity index (χ2n) is 7.54. The number of fused-ring (bicyclic) bond motifs is 1. The number of amides is 1. The van der Waals surface area contributed by atoms with E-state index in [9.17, 15) is 4.79 Å². The summed E-state index contributed by atoms with van der Waals surface area (Å²) in [5.74, 6) is 1.95. The van der Waals surface area contributed by atoms with Gasteiger partial charge in [-0.25, -0.2) is 0 Å². The molecule has 33 heavy (non-hydrogen) atoms. The molecular weight excluding hydrogens is 416 g/mol. The predicted octanol–water partition coefficient (Wildman–Crippen LogP) is 5.54. The van der Waals surface area contributed by atoms with Crippen LogP contribution < -0.4 is 10.1 Å². The molecule has 2 aromatic heterocycles. The molecule has 0 fully saturated rings. The zero-order chi connectivity index (χ0) is 22.6. The first kappa shape index (κ1) is 20.5. The van der Waals surface area contributed by atoms with E-state index in [4.69, 9.17) is 9.15 Å². The molecule has 0 spiro atoms. The molecule has 0 unspecified atom stereocenters. The number of aromatic nitrogens is 3. The van der Waals surface area contributed by atoms with E-state index in [0.717, 1.165) is 34.5 Å². The lowest BCUT2D eigenvalue weighted by atomic mass is 10.1. The summed E-state index contributed by atoms with van der Waals surface area (Å²) in [4.78, 5) is 12.7. The van der Waals surface area contributed by atoms with Gasteiger partial charge in [-0.05, 0) is 54.1 Å². The third-order valence-corrected chi connectivity index (χ3v) is 5.32. The number of ether oxygens (including phenoxy) is 1. The third-order valence-electron chi connectivity index (χ3n) is 5.32. The van der Waals surface area contributed by atoms with Crippen molar-refractivity contribution in [3.05, 3.63) is 96.7 Å². The highest BCUT2D eigenvalue weighted by Crippen LogP contribution is 2.23. The van der Waals surface area contributed by atoms with Gasteiger partial charge in [0.2, 0.25) is 0 Å². The van der Waals surface area contributed by atoms with Crippen molar-refractivity contribution in [3.63, 3.8) is 0 Å². The van der Waals surface area contributed by atoms with Crippen LogP contribution in [0.1, 0.15) is 23.2 Å². The van der Waals surface area contributed by atoms with E-state index in [2.05, 4.69) is 21.6 Å². The van der Waals surface area contributed by atoms with Crippen LogP contribution in [0.25, 0.3) is 22.2 Å². The van der Waals surface area contributed by atoms with Gasteiger partial charge in [0.15, 0.2) is 11.6 Å². The Morgan fingerprint density at radius 2 is 1.88 bits per heavy atom. The molecule has 3 aromatic carbocycles. The first-order chi connectivity index (χ1) is 16.2. The van der Waals surface area contributed by atoms with E-state index < -0.39 is 0 Å². The van der Waals surface area contributed by atoms with Crippen LogP contribution >= 0.6 is 0 Å². The zero-order valence-electron chi connectivity index (χ0n) is 18.1. The lowest BCUT2D eigenvalue weighted by Crippen LogP contribution is -2.11. The number of hydrogen-bond acceptors (Lipinski definition) is 5. The van der Waals surface area contributed by atoms with E-state index in [1.54, 1.807) is 18.5 Å². The average Bonchev–Trinajstić information content (AvgIpc) is 3.52. The molecule has 0 aliphatic heterocycles. The Morgan fingerprint density at radius 3 is 2.76 bits per heavy atom. The Kier molecular flexibility index (Phi) is 5.59. The summed E-state index contributed by atoms with van der Waals surface area (Å²) in [5, 5.41) is 13.3. The van der Waals surface area contributed by atoms with Crippen LogP contribution in [-0.4, -0.2) is 20.7 Å². The molecular formula is C26H22N4O3. The van der Waals surface area contributed by atoms with Gasteiger partial charge in [0, 0.05) is 17.8 Å². The number of benzene rings is 3. The molecule has 1 N–H and O–H groups in total. The molecule has 0 aliphatic carbocycles. The number of anilines is 1. The summed E-state index contributed by atoms with van der Waals surface area (Å²) in [7, 11) is 0. The van der Waals surface area contributed by atoms with Crippen molar-refractivity contribution in [1.82, 2.24) is 14.8 Å². The van der Waals surface area contributed by atoms with Crippen LogP contribution in [0.4, 0.5) is 5.69 Å². The van der Waals surface area contributed by atoms with Crippen molar-refractivity contribution in [1.29, 1.82) is 0 Å². The van der Waals surface area contributed by atoms with Crippen molar-refractivity contribution >= 4 is 22.4 Å². The zero-order valence-corrected chi connectivity index (χ0v) is 18.1. The van der Waals surface area contributed by atoms with Crippen molar-refractivity contribution in [2.75, 3.05) is 5.32 Å². The van der Waals surface area contributed by atoms with Gasteiger partial charge >= 0.3 is 0 Å². The molecule has 7 heteroatoms. The highest BCUT2D eigenvalue weighted by molar-refractivity contribution is 6.02. The van der Waals surface area contributed by atoms with Gasteiger partial charge in [-0.1, -0.05) is 42.5 Å². The Labute approximate surface area is 190 Å². The fraction of sp³-hybridized carbons (Fsp3) is 0.115. The quantitative estimate of drug-likeness (QED) is 0.361. The molecule has 164 valence electrons. The van der Waals surface area contributed by atoms with Gasteiger partial charge < -0.3 is 19.0 Å². The number of hydrogen-bond donors (Lipinski definition) is 1. The van der Waals surface area contributed by atoms with E-state index in [1.807, 2.05) is 72.2 Å². The molecule has 1 amide bonds. The fourth-order valence-electron chi connectivity index (χ4n) is 3.63. The van der Waals surface area contributed by atoms with Gasteiger partial charge in [0.05, 0.1) is 0 Å². The summed E-state index contributed by atoms with van der Waals surface area (Å²) < 4.78 is 13.5. The van der Waals surface area contributed by atoms with Gasteiger partial charge in [-0.3, -0.25) is 4.79 Å². The molecule has 0 saturated carbocycles. The summed E-state index contributed by atoms with van der Waals surface area (Å²) >= 11 is 0. The molecule has 0 radical (unpaired) electrons. The van der Waals surface area contributed by atoms with Gasteiger partial charge in [-0.15, -0.1) is 10.2 Å². The maximum absolute atomic E-state index is 12.7. The molecule has 5 aromatic rings. The summed E-state index contributed by atoms with van der Waals surface area (Å²) in [6.07, 6.45) is 1.69. The fourth-order valence-corrected chi connectivity index (χ4v) is 3.63. The minimum Gasteiger partial charge on any atom is -0.486 e. The highest BCUT2D eigenvalue weighted by atomic mass is 16.5. The topological polar surface area (TPSA) is 82.2 Å². The number of aryl methyl sites for hydroxylation is 1. The Bertz CT molecular complexity index is 1420. The van der Waals surface area contributed by atoms with Crippen LogP contribution in [0, 0.1) is 0 Å². The molecule has 2 heterocycles. The Hall–Kier alpha value is -4.39. The van der Waals surface area contributed by atoms with Crippen LogP contribution in [0.15, 0.2) is 89.6 Å². The van der Waals surface area contributed by atoms with E-state index in [1.165, 1.54) is 0 Å². The van der Waals surface area contributed by atoms with Crippen molar-refractivity contribution in [2.24, 2.45) is 0 Å². The lowest BCUT2D eigenvalue weighted by Gasteiger charge is -2.07. The molecule has 7 nitrogen and oxygen atoms in total. The molecule has 5 rings (SSSR count). The maximum Gasteiger partial charge on any atom is 0.291 e. The monoisotopic (exact) mass is 438 g/mol. The van der Waals surface area contributed by atoms with Crippen molar-refractivity contribution in [2.45, 2.75) is 20.1 Å². The molecule has 0 aliphatic rings. The first-order valence-electron chi connectivity index (χ1n) is 10.7. The van der Waals surface area contributed by atoms with Crippen molar-refractivity contribution in [3.8, 4) is 17.1 Å². The SMILES string of the molecule is CCn1cnnc1-c1cccc(NC(=O)c2ccc(COc3ccc4ccccc4c3)o2)c1. The number of furan rings is 1. The second-order valence-corrected chi connectivity index (χ2v) is 7.54. The van der Waals surface area contributed by atoms with Gasteiger partial charge in [0.1, 0.15) is 24.4 Å². The van der Waals surface area contributed by atoms with E-state index in [-0.39, 0.29) is 18.3 Å². The number of carbonyl (C=O) groups is 1. The summed E-state index contributed by atoms with van der Waals surface area (Å²) in [5.41, 5.74) is 1.52. The average molecular weight is 438 g/mol. The first-order valence-corrected chi connectivity index (χ1v) is 10.7. The maximum atomic E-state index is 12.7. The predicted molar refractivity (Wildman–Crippen MR) is 126 cm³/mol. The molecule has 0 atom stereocenters. The Morgan fingerprint density at radius 1 is 1.00 bits per heavy atom. The molecule has 0 bridgehead atoms. The normalized spacial score (nSPS) is 10.9. The minimum absolute atomic E-state index is 0.217. The highest BCUT2D eigenvalue weighted by Gasteiger charge is 2.13. The van der Waals surface area contributed by atoms with Gasteiger partial charge in [0.25, 0.3) is 5.91 Å². The number of rotatable bonds is 7. The van der Waals surface area contributed by atoms with Crippen LogP contribution in [0.5, 0.6) is 5.75 Å². The Balaban J connectivity index is 1.24. The number of carbonyl (C=O) groups excluding carboxylic acids is 1. The van der Waals surface area contributed by atoms with Gasteiger partial charge in [-0.2, -0.15) is 0 Å². The van der Waals surface area contributed by atoms with Crippen LogP contribution in [0.2, 0.25) is 0 Å². The summed E-state index contributed by atoms with van der Waals surface area (Å²) in [6, 6.07) is 24.9. The minimum atomic E-state index is -0.332. The number of nitrogens with one attached hydrogen (secondary N) is 1. The number of nitrogens with zero attached hydrogens (tertiary/aromatic N) is 3. The largest absolute Gasteiger partial charge is 0.486 e. The van der Waals surface area contributed by atoms with E-state index >= 15 is 0 Å².